The van der Waals surface area contributed by atoms with Crippen molar-refractivity contribution in [3.8, 4) is 0 Å². The maximum absolute atomic E-state index is 5.78. The summed E-state index contributed by atoms with van der Waals surface area (Å²) in [4.78, 5) is 4.31. The van der Waals surface area contributed by atoms with Crippen molar-refractivity contribution in [3.63, 3.8) is 0 Å². The lowest BCUT2D eigenvalue weighted by Crippen LogP contribution is -1.96. The molecule has 0 spiro atoms. The molecule has 0 amide bonds. The quantitative estimate of drug-likeness (QED) is 0.794. The molecule has 82 valence electrons. The number of hydrogen-bond acceptors (Lipinski definition) is 2. The summed E-state index contributed by atoms with van der Waals surface area (Å²) < 4.78 is 0. The molecule has 0 saturated heterocycles. The number of aromatic nitrogens is 1. The van der Waals surface area contributed by atoms with Crippen LogP contribution in [0, 0.1) is 6.92 Å². The van der Waals surface area contributed by atoms with Crippen molar-refractivity contribution >= 4 is 5.69 Å². The molecule has 16 heavy (non-hydrogen) atoms. The molecule has 2 nitrogen and oxygen atoms in total. The third-order valence-corrected chi connectivity index (χ3v) is 2.73. The fourth-order valence-corrected chi connectivity index (χ4v) is 1.71. The van der Waals surface area contributed by atoms with E-state index >= 15 is 0 Å². The van der Waals surface area contributed by atoms with Gasteiger partial charge in [0, 0.05) is 17.6 Å². The Labute approximate surface area is 96.1 Å². The zero-order valence-electron chi connectivity index (χ0n) is 9.48. The van der Waals surface area contributed by atoms with Gasteiger partial charge >= 0.3 is 0 Å². The van der Waals surface area contributed by atoms with E-state index in [-0.39, 0.29) is 0 Å². The van der Waals surface area contributed by atoms with E-state index < -0.39 is 0 Å². The second-order valence-corrected chi connectivity index (χ2v) is 4.01. The van der Waals surface area contributed by atoms with Crippen LogP contribution in [-0.4, -0.2) is 4.98 Å². The van der Waals surface area contributed by atoms with Crippen LogP contribution in [-0.2, 0) is 12.8 Å². The van der Waals surface area contributed by atoms with Crippen molar-refractivity contribution in [2.75, 3.05) is 5.73 Å². The minimum Gasteiger partial charge on any atom is -0.399 e. The average molecular weight is 212 g/mol. The Morgan fingerprint density at radius 3 is 2.69 bits per heavy atom. The largest absolute Gasteiger partial charge is 0.399 e. The first-order valence-corrected chi connectivity index (χ1v) is 5.50. The van der Waals surface area contributed by atoms with Crippen LogP contribution in [0.15, 0.2) is 42.6 Å². The lowest BCUT2D eigenvalue weighted by atomic mass is 10.0. The van der Waals surface area contributed by atoms with E-state index in [9.17, 15) is 0 Å². The van der Waals surface area contributed by atoms with Gasteiger partial charge in [-0.1, -0.05) is 18.2 Å². The van der Waals surface area contributed by atoms with Gasteiger partial charge in [0.2, 0.25) is 0 Å². The zero-order chi connectivity index (χ0) is 11.4. The summed E-state index contributed by atoms with van der Waals surface area (Å²) in [6.07, 6.45) is 3.83. The lowest BCUT2D eigenvalue weighted by molar-refractivity contribution is 0.912. The molecule has 2 heteroatoms. The van der Waals surface area contributed by atoms with Gasteiger partial charge < -0.3 is 5.73 Å². The molecule has 0 aliphatic rings. The van der Waals surface area contributed by atoms with E-state index in [1.54, 1.807) is 0 Å². The molecule has 1 aromatic heterocycles. The molecule has 1 heterocycles. The Kier molecular flexibility index (Phi) is 3.20. The minimum atomic E-state index is 0.863. The van der Waals surface area contributed by atoms with Gasteiger partial charge in [0.25, 0.3) is 0 Å². The van der Waals surface area contributed by atoms with E-state index in [0.717, 1.165) is 29.8 Å². The molecular weight excluding hydrogens is 196 g/mol. The first-order chi connectivity index (χ1) is 7.75. The highest BCUT2D eigenvalue weighted by Crippen LogP contribution is 2.14. The van der Waals surface area contributed by atoms with Gasteiger partial charge in [-0.2, -0.15) is 0 Å². The summed E-state index contributed by atoms with van der Waals surface area (Å²) in [6, 6.07) is 12.2. The highest BCUT2D eigenvalue weighted by atomic mass is 14.7. The number of nitrogens with zero attached hydrogens (tertiary/aromatic N) is 1. The molecule has 0 radical (unpaired) electrons. The molecule has 0 atom stereocenters. The van der Waals surface area contributed by atoms with E-state index in [1.807, 2.05) is 31.3 Å². The molecule has 1 aromatic carbocycles. The van der Waals surface area contributed by atoms with Gasteiger partial charge in [-0.3, -0.25) is 4.98 Å². The second kappa shape index (κ2) is 4.79. The van der Waals surface area contributed by atoms with Gasteiger partial charge in [-0.05, 0) is 49.1 Å². The number of pyridine rings is 1. The third-order valence-electron chi connectivity index (χ3n) is 2.73. The number of rotatable bonds is 3. The van der Waals surface area contributed by atoms with Crippen LogP contribution < -0.4 is 5.73 Å². The number of hydrogen-bond donors (Lipinski definition) is 1. The molecule has 0 unspecified atom stereocenters. The molecule has 0 fully saturated rings. The smallest absolute Gasteiger partial charge is 0.0406 e. The number of benzene rings is 1. The van der Waals surface area contributed by atoms with Crippen LogP contribution in [0.25, 0.3) is 0 Å². The average Bonchev–Trinajstić information content (AvgIpc) is 2.32. The van der Waals surface area contributed by atoms with Gasteiger partial charge in [0.15, 0.2) is 0 Å². The summed E-state index contributed by atoms with van der Waals surface area (Å²) in [6.45, 7) is 2.04. The van der Waals surface area contributed by atoms with Gasteiger partial charge in [0.1, 0.15) is 0 Å². The first kappa shape index (κ1) is 10.7. The normalized spacial score (nSPS) is 10.3. The zero-order valence-corrected chi connectivity index (χ0v) is 9.48. The number of nitrogens with two attached hydrogens (primary N) is 1. The SMILES string of the molecule is Cc1cc(CCc2ccccn2)ccc1N. The van der Waals surface area contributed by atoms with Gasteiger partial charge in [0.05, 0.1) is 0 Å². The molecule has 0 saturated carbocycles. The predicted octanol–water partition coefficient (Wildman–Crippen LogP) is 2.76. The molecule has 2 N–H and O–H groups in total. The maximum atomic E-state index is 5.78. The maximum Gasteiger partial charge on any atom is 0.0406 e. The second-order valence-electron chi connectivity index (χ2n) is 4.01. The summed E-state index contributed by atoms with van der Waals surface area (Å²) in [7, 11) is 0. The third kappa shape index (κ3) is 2.60. The number of aryl methyl sites for hydroxylation is 3. The fraction of sp³-hybridized carbons (Fsp3) is 0.214. The van der Waals surface area contributed by atoms with E-state index in [1.165, 1.54) is 5.56 Å². The lowest BCUT2D eigenvalue weighted by Gasteiger charge is -2.04. The highest BCUT2D eigenvalue weighted by Gasteiger charge is 1.98. The van der Waals surface area contributed by atoms with Crippen molar-refractivity contribution in [3.05, 3.63) is 59.4 Å². The fourth-order valence-electron chi connectivity index (χ4n) is 1.71. The predicted molar refractivity (Wildman–Crippen MR) is 67.2 cm³/mol. The number of nitrogen functional groups attached to an aromatic ring is 1. The van der Waals surface area contributed by atoms with Crippen molar-refractivity contribution in [2.45, 2.75) is 19.8 Å². The van der Waals surface area contributed by atoms with Crippen LogP contribution in [0.5, 0.6) is 0 Å². The first-order valence-electron chi connectivity index (χ1n) is 5.50. The van der Waals surface area contributed by atoms with Crippen LogP contribution >= 0.6 is 0 Å². The molecular formula is C14H16N2. The van der Waals surface area contributed by atoms with E-state index in [0.29, 0.717) is 0 Å². The minimum absolute atomic E-state index is 0.863. The Hall–Kier alpha value is -1.83. The van der Waals surface area contributed by atoms with Crippen molar-refractivity contribution in [1.29, 1.82) is 0 Å². The summed E-state index contributed by atoms with van der Waals surface area (Å²) in [5, 5.41) is 0. The Balaban J connectivity index is 2.03. The molecule has 0 aliphatic heterocycles. The van der Waals surface area contributed by atoms with Crippen molar-refractivity contribution < 1.29 is 0 Å². The summed E-state index contributed by atoms with van der Waals surface area (Å²) in [5.41, 5.74) is 10.3. The Bertz CT molecular complexity index is 463. The highest BCUT2D eigenvalue weighted by molar-refractivity contribution is 5.47. The topological polar surface area (TPSA) is 38.9 Å². The molecule has 0 bridgehead atoms. The van der Waals surface area contributed by atoms with Crippen LogP contribution in [0.2, 0.25) is 0 Å². The molecule has 0 aliphatic carbocycles. The monoisotopic (exact) mass is 212 g/mol. The van der Waals surface area contributed by atoms with E-state index in [2.05, 4.69) is 23.2 Å². The van der Waals surface area contributed by atoms with Crippen molar-refractivity contribution in [2.24, 2.45) is 0 Å². The van der Waals surface area contributed by atoms with Gasteiger partial charge in [-0.25, -0.2) is 0 Å². The number of anilines is 1. The van der Waals surface area contributed by atoms with Gasteiger partial charge in [-0.15, -0.1) is 0 Å². The summed E-state index contributed by atoms with van der Waals surface area (Å²) in [5.74, 6) is 0. The standard InChI is InChI=1S/C14H16N2/c1-11-10-12(6-8-14(11)15)5-7-13-4-2-3-9-16-13/h2-4,6,8-10H,5,7,15H2,1H3. The van der Waals surface area contributed by atoms with Crippen molar-refractivity contribution in [1.82, 2.24) is 4.98 Å². The molecule has 2 aromatic rings. The van der Waals surface area contributed by atoms with Crippen LogP contribution in [0.3, 0.4) is 0 Å². The van der Waals surface area contributed by atoms with Crippen LogP contribution in [0.1, 0.15) is 16.8 Å². The Morgan fingerprint density at radius 2 is 2.00 bits per heavy atom. The van der Waals surface area contributed by atoms with E-state index in [4.69, 9.17) is 5.73 Å². The molecule has 2 rings (SSSR count). The Morgan fingerprint density at radius 1 is 1.12 bits per heavy atom. The van der Waals surface area contributed by atoms with Crippen LogP contribution in [0.4, 0.5) is 5.69 Å². The summed E-state index contributed by atoms with van der Waals surface area (Å²) >= 11 is 0.